The first kappa shape index (κ1) is 27.0. The number of carbonyl (C=O) groups excluding carboxylic acids is 2. The fourth-order valence-corrected chi connectivity index (χ4v) is 5.84. The molecule has 9 nitrogen and oxygen atoms in total. The second kappa shape index (κ2) is 11.6. The van der Waals surface area contributed by atoms with Crippen molar-refractivity contribution in [3.63, 3.8) is 0 Å². The Morgan fingerprint density at radius 2 is 1.95 bits per heavy atom. The highest BCUT2D eigenvalue weighted by Crippen LogP contribution is 2.30. The number of rotatable bonds is 11. The van der Waals surface area contributed by atoms with Crippen LogP contribution in [-0.4, -0.2) is 74.4 Å². The van der Waals surface area contributed by atoms with E-state index in [1.807, 2.05) is 41.9 Å². The number of aromatic nitrogens is 4. The predicted molar refractivity (Wildman–Crippen MR) is 155 cm³/mol. The number of nitrogens with zero attached hydrogens (tertiary/aromatic N) is 6. The summed E-state index contributed by atoms with van der Waals surface area (Å²) in [5.41, 5.74) is 3.65. The Morgan fingerprint density at radius 3 is 2.64 bits per heavy atom. The molecule has 5 rings (SSSR count). The van der Waals surface area contributed by atoms with Crippen molar-refractivity contribution in [3.05, 3.63) is 53.7 Å². The lowest BCUT2D eigenvalue weighted by molar-refractivity contribution is -0.119. The van der Waals surface area contributed by atoms with Crippen LogP contribution in [-0.2, 0) is 4.79 Å². The van der Waals surface area contributed by atoms with Gasteiger partial charge in [0.2, 0.25) is 5.91 Å². The number of hydrogen-bond acceptors (Lipinski definition) is 8. The Balaban J connectivity index is 1.47. The van der Waals surface area contributed by atoms with Crippen LogP contribution >= 0.6 is 11.3 Å². The highest BCUT2D eigenvalue weighted by molar-refractivity contribution is 7.13. The van der Waals surface area contributed by atoms with Crippen molar-refractivity contribution in [1.82, 2.24) is 29.8 Å². The van der Waals surface area contributed by atoms with E-state index < -0.39 is 0 Å². The van der Waals surface area contributed by atoms with Gasteiger partial charge in [0.05, 0.1) is 34.1 Å². The molecular formula is C29H35N7O2S. The van der Waals surface area contributed by atoms with E-state index in [4.69, 9.17) is 9.97 Å². The van der Waals surface area contributed by atoms with Crippen molar-refractivity contribution < 1.29 is 9.59 Å². The Hall–Kier alpha value is -3.63. The predicted octanol–water partition coefficient (Wildman–Crippen LogP) is 4.54. The number of pyridine rings is 1. The van der Waals surface area contributed by atoms with Gasteiger partial charge in [-0.05, 0) is 56.1 Å². The smallest absolute Gasteiger partial charge is 0.217 e. The van der Waals surface area contributed by atoms with E-state index >= 15 is 0 Å². The molecule has 4 aromatic heterocycles. The maximum atomic E-state index is 13.5. The first-order chi connectivity index (χ1) is 18.9. The Bertz CT molecular complexity index is 1460. The summed E-state index contributed by atoms with van der Waals surface area (Å²) in [6, 6.07) is 10.2. The molecule has 0 aromatic carbocycles. The lowest BCUT2D eigenvalue weighted by atomic mass is 10.0. The third kappa shape index (κ3) is 5.86. The van der Waals surface area contributed by atoms with Crippen molar-refractivity contribution in [2.45, 2.75) is 52.6 Å². The van der Waals surface area contributed by atoms with Gasteiger partial charge in [0.15, 0.2) is 11.4 Å². The standard InChI is InChI=1S/C29H35N7O2S/c1-5-34(6-2)19(3)9-10-26(38)21-14-25(32-28(15-21)35-17-22(18-35)31-20(4)37)23-16-30-36-12-11-24(33-29(23)36)27-8-7-13-39-27/h7-8,11-16,19,22H,5-6,9-10,17-18H2,1-4H3,(H,31,37)/t19-/m0/s1. The summed E-state index contributed by atoms with van der Waals surface area (Å²) in [5.74, 6) is 0.781. The van der Waals surface area contributed by atoms with Crippen LogP contribution in [0.2, 0.25) is 0 Å². The second-order valence-electron chi connectivity index (χ2n) is 10.1. The Labute approximate surface area is 232 Å². The van der Waals surface area contributed by atoms with Gasteiger partial charge < -0.3 is 15.1 Å². The third-order valence-corrected chi connectivity index (χ3v) is 8.28. The van der Waals surface area contributed by atoms with Gasteiger partial charge in [0, 0.05) is 44.2 Å². The summed E-state index contributed by atoms with van der Waals surface area (Å²) < 4.78 is 1.74. The number of nitrogens with one attached hydrogen (secondary N) is 1. The van der Waals surface area contributed by atoms with Crippen LogP contribution in [0.4, 0.5) is 5.82 Å². The van der Waals surface area contributed by atoms with Crippen LogP contribution in [0.5, 0.6) is 0 Å². The number of thiophene rings is 1. The molecule has 1 atom stereocenters. The van der Waals surface area contributed by atoms with Crippen LogP contribution in [0.1, 0.15) is 50.9 Å². The van der Waals surface area contributed by atoms with Gasteiger partial charge in [-0.2, -0.15) is 5.10 Å². The molecule has 1 saturated heterocycles. The summed E-state index contributed by atoms with van der Waals surface area (Å²) in [6.07, 6.45) is 4.92. The van der Waals surface area contributed by atoms with Gasteiger partial charge in [-0.1, -0.05) is 19.9 Å². The molecule has 1 amide bonds. The molecule has 0 saturated carbocycles. The first-order valence-corrected chi connectivity index (χ1v) is 14.4. The summed E-state index contributed by atoms with van der Waals surface area (Å²) in [4.78, 5) is 40.4. The van der Waals surface area contributed by atoms with Crippen LogP contribution in [0.25, 0.3) is 27.5 Å². The summed E-state index contributed by atoms with van der Waals surface area (Å²) in [6.45, 7) is 11.2. The van der Waals surface area contributed by atoms with Crippen molar-refractivity contribution in [2.75, 3.05) is 31.1 Å². The van der Waals surface area contributed by atoms with Gasteiger partial charge in [0.1, 0.15) is 5.82 Å². The summed E-state index contributed by atoms with van der Waals surface area (Å²) in [5, 5.41) is 9.49. The van der Waals surface area contributed by atoms with Gasteiger partial charge in [-0.3, -0.25) is 9.59 Å². The minimum Gasteiger partial charge on any atom is -0.352 e. The molecule has 0 spiro atoms. The SMILES string of the molecule is CCN(CC)[C@@H](C)CCC(=O)c1cc(-c2cnn3ccc(-c4cccs4)nc23)nc(N2CC(NC(C)=O)C2)c1. The number of amides is 1. The lowest BCUT2D eigenvalue weighted by Crippen LogP contribution is -2.59. The fourth-order valence-electron chi connectivity index (χ4n) is 5.15. The van der Waals surface area contributed by atoms with Crippen LogP contribution in [0, 0.1) is 0 Å². The number of fused-ring (bicyclic) bond motifs is 1. The van der Waals surface area contributed by atoms with Crippen molar-refractivity contribution in [3.8, 4) is 21.8 Å². The number of Topliss-reactive ketones (excluding diaryl/α,β-unsaturated/α-hetero) is 1. The largest absolute Gasteiger partial charge is 0.352 e. The molecule has 0 radical (unpaired) electrons. The normalized spacial score (nSPS) is 14.5. The quantitative estimate of drug-likeness (QED) is 0.277. The second-order valence-corrected chi connectivity index (χ2v) is 11.0. The van der Waals surface area contributed by atoms with Gasteiger partial charge in [0.25, 0.3) is 0 Å². The molecule has 1 aliphatic heterocycles. The van der Waals surface area contributed by atoms with E-state index in [2.05, 4.69) is 41.0 Å². The molecule has 0 bridgehead atoms. The van der Waals surface area contributed by atoms with E-state index in [1.54, 1.807) is 22.0 Å². The number of carbonyl (C=O) groups is 2. The molecular weight excluding hydrogens is 510 g/mol. The molecule has 0 aliphatic carbocycles. The highest BCUT2D eigenvalue weighted by atomic mass is 32.1. The number of anilines is 1. The van der Waals surface area contributed by atoms with Crippen molar-refractivity contribution >= 4 is 34.5 Å². The van der Waals surface area contributed by atoms with E-state index in [9.17, 15) is 9.59 Å². The van der Waals surface area contributed by atoms with E-state index in [-0.39, 0.29) is 17.7 Å². The zero-order valence-corrected chi connectivity index (χ0v) is 23.7. The van der Waals surface area contributed by atoms with E-state index in [0.29, 0.717) is 42.5 Å². The van der Waals surface area contributed by atoms with Gasteiger partial charge in [-0.15, -0.1) is 11.3 Å². The molecule has 204 valence electrons. The van der Waals surface area contributed by atoms with E-state index in [1.165, 1.54) is 6.92 Å². The number of ketones is 1. The van der Waals surface area contributed by atoms with Crippen molar-refractivity contribution in [2.24, 2.45) is 0 Å². The average molecular weight is 546 g/mol. The minimum absolute atomic E-state index is 0.0430. The average Bonchev–Trinajstić information content (AvgIpc) is 3.59. The molecule has 0 unspecified atom stereocenters. The fraction of sp³-hybridized carbons (Fsp3) is 0.414. The monoisotopic (exact) mass is 545 g/mol. The molecule has 4 aromatic rings. The molecule has 10 heteroatoms. The Morgan fingerprint density at radius 1 is 1.15 bits per heavy atom. The number of hydrogen-bond donors (Lipinski definition) is 1. The molecule has 1 aliphatic rings. The zero-order chi connectivity index (χ0) is 27.5. The molecule has 39 heavy (non-hydrogen) atoms. The topological polar surface area (TPSA) is 95.7 Å². The molecule has 5 heterocycles. The Kier molecular flexibility index (Phi) is 8.04. The molecule has 1 N–H and O–H groups in total. The maximum absolute atomic E-state index is 13.5. The van der Waals surface area contributed by atoms with E-state index in [0.717, 1.165) is 41.5 Å². The van der Waals surface area contributed by atoms with Crippen molar-refractivity contribution in [1.29, 1.82) is 0 Å². The van der Waals surface area contributed by atoms with Crippen LogP contribution < -0.4 is 10.2 Å². The zero-order valence-electron chi connectivity index (χ0n) is 22.9. The molecule has 1 fully saturated rings. The van der Waals surface area contributed by atoms with Crippen LogP contribution in [0.15, 0.2) is 48.1 Å². The minimum atomic E-state index is -0.0430. The summed E-state index contributed by atoms with van der Waals surface area (Å²) in [7, 11) is 0. The summed E-state index contributed by atoms with van der Waals surface area (Å²) >= 11 is 1.64. The van der Waals surface area contributed by atoms with Gasteiger partial charge in [-0.25, -0.2) is 14.5 Å². The van der Waals surface area contributed by atoms with Gasteiger partial charge >= 0.3 is 0 Å². The first-order valence-electron chi connectivity index (χ1n) is 13.6. The third-order valence-electron chi connectivity index (χ3n) is 7.39. The lowest BCUT2D eigenvalue weighted by Gasteiger charge is -2.40. The van der Waals surface area contributed by atoms with Crippen LogP contribution in [0.3, 0.4) is 0 Å². The highest BCUT2D eigenvalue weighted by Gasteiger charge is 2.29. The maximum Gasteiger partial charge on any atom is 0.217 e.